The van der Waals surface area contributed by atoms with E-state index in [1.54, 1.807) is 6.20 Å². The fourth-order valence-corrected chi connectivity index (χ4v) is 2.47. The van der Waals surface area contributed by atoms with Crippen LogP contribution in [0.2, 0.25) is 5.02 Å². The maximum atomic E-state index is 12.4. The van der Waals surface area contributed by atoms with Gasteiger partial charge in [-0.15, -0.1) is 0 Å². The van der Waals surface area contributed by atoms with Crippen LogP contribution in [0.5, 0.6) is 0 Å². The molecule has 5 nitrogen and oxygen atoms in total. The van der Waals surface area contributed by atoms with Crippen LogP contribution < -0.4 is 5.32 Å². The average molecular weight is 347 g/mol. The first-order chi connectivity index (χ1) is 11.6. The van der Waals surface area contributed by atoms with Crippen LogP contribution >= 0.6 is 11.6 Å². The van der Waals surface area contributed by atoms with Crippen LogP contribution in [0.3, 0.4) is 0 Å². The van der Waals surface area contributed by atoms with Gasteiger partial charge in [0.1, 0.15) is 11.5 Å². The van der Waals surface area contributed by atoms with E-state index in [-0.39, 0.29) is 5.91 Å². The van der Waals surface area contributed by atoms with E-state index in [0.29, 0.717) is 23.1 Å². The molecule has 0 aliphatic carbocycles. The summed E-state index contributed by atoms with van der Waals surface area (Å²) in [5.41, 5.74) is 1.48. The summed E-state index contributed by atoms with van der Waals surface area (Å²) in [7, 11) is 0. The Morgan fingerprint density at radius 2 is 1.75 bits per heavy atom. The second-order valence-electron chi connectivity index (χ2n) is 5.56. The van der Waals surface area contributed by atoms with Crippen molar-refractivity contribution in [1.82, 2.24) is 14.9 Å². The fraction of sp³-hybridized carbons (Fsp3) is 0.389. The Bertz CT molecular complexity index is 637. The first kappa shape index (κ1) is 18.2. The van der Waals surface area contributed by atoms with Crippen LogP contribution in [0, 0.1) is 0 Å². The first-order valence-electron chi connectivity index (χ1n) is 8.23. The topological polar surface area (TPSA) is 58.1 Å². The number of carbonyl (C=O) groups is 1. The minimum atomic E-state index is -0.0598. The van der Waals surface area contributed by atoms with Gasteiger partial charge in [0.05, 0.1) is 12.4 Å². The minimum absolute atomic E-state index is 0.0598. The molecule has 6 heteroatoms. The SMILES string of the molecule is CCCN(CCC)C(=O)c1cnc(NCc2ccc(Cl)cc2)cn1. The van der Waals surface area contributed by atoms with Gasteiger partial charge in [-0.1, -0.05) is 37.6 Å². The molecule has 1 heterocycles. The predicted octanol–water partition coefficient (Wildman–Crippen LogP) is 4.00. The Balaban J connectivity index is 1.96. The largest absolute Gasteiger partial charge is 0.365 e. The van der Waals surface area contributed by atoms with Crippen molar-refractivity contribution < 1.29 is 4.79 Å². The van der Waals surface area contributed by atoms with Crippen molar-refractivity contribution in [2.45, 2.75) is 33.2 Å². The predicted molar refractivity (Wildman–Crippen MR) is 97.3 cm³/mol. The van der Waals surface area contributed by atoms with Crippen LogP contribution in [-0.2, 0) is 6.54 Å². The summed E-state index contributed by atoms with van der Waals surface area (Å²) in [6, 6.07) is 7.60. The maximum absolute atomic E-state index is 12.4. The molecular formula is C18H23ClN4O. The van der Waals surface area contributed by atoms with Crippen molar-refractivity contribution in [3.63, 3.8) is 0 Å². The number of halogens is 1. The molecule has 2 aromatic rings. The summed E-state index contributed by atoms with van der Waals surface area (Å²) < 4.78 is 0. The standard InChI is InChI=1S/C18H23ClN4O/c1-3-9-23(10-4-2)18(24)16-12-22-17(13-20-16)21-11-14-5-7-15(19)8-6-14/h5-8,12-13H,3-4,9-11H2,1-2H3,(H,21,22). The number of hydrogen-bond donors (Lipinski definition) is 1. The van der Waals surface area contributed by atoms with E-state index < -0.39 is 0 Å². The average Bonchev–Trinajstić information content (AvgIpc) is 2.61. The quantitative estimate of drug-likeness (QED) is 0.784. The van der Waals surface area contributed by atoms with Crippen LogP contribution in [0.15, 0.2) is 36.7 Å². The molecule has 0 saturated heterocycles. The molecular weight excluding hydrogens is 324 g/mol. The molecule has 0 unspecified atom stereocenters. The third-order valence-corrected chi connectivity index (χ3v) is 3.78. The summed E-state index contributed by atoms with van der Waals surface area (Å²) in [5.74, 6) is 0.578. The molecule has 0 aliphatic heterocycles. The molecule has 24 heavy (non-hydrogen) atoms. The Morgan fingerprint density at radius 1 is 1.08 bits per heavy atom. The molecule has 0 bridgehead atoms. The highest BCUT2D eigenvalue weighted by Gasteiger charge is 2.15. The molecule has 2 rings (SSSR count). The third kappa shape index (κ3) is 5.20. The number of nitrogens with zero attached hydrogens (tertiary/aromatic N) is 3. The van der Waals surface area contributed by atoms with Crippen LogP contribution in [-0.4, -0.2) is 33.9 Å². The molecule has 128 valence electrons. The summed E-state index contributed by atoms with van der Waals surface area (Å²) in [6.45, 7) is 6.23. The van der Waals surface area contributed by atoms with Crippen LogP contribution in [0.1, 0.15) is 42.7 Å². The number of anilines is 1. The van der Waals surface area contributed by atoms with Gasteiger partial charge in [0.2, 0.25) is 0 Å². The number of hydrogen-bond acceptors (Lipinski definition) is 4. The molecule has 0 atom stereocenters. The van der Waals surface area contributed by atoms with E-state index in [1.807, 2.05) is 29.2 Å². The Kier molecular flexibility index (Phi) is 7.00. The van der Waals surface area contributed by atoms with E-state index in [9.17, 15) is 4.79 Å². The minimum Gasteiger partial charge on any atom is -0.365 e. The number of amides is 1. The van der Waals surface area contributed by atoms with E-state index in [4.69, 9.17) is 11.6 Å². The number of carbonyl (C=O) groups excluding carboxylic acids is 1. The lowest BCUT2D eigenvalue weighted by Crippen LogP contribution is -2.33. The zero-order chi connectivity index (χ0) is 17.4. The summed E-state index contributed by atoms with van der Waals surface area (Å²) in [4.78, 5) is 22.8. The van der Waals surface area contributed by atoms with E-state index in [2.05, 4.69) is 29.1 Å². The van der Waals surface area contributed by atoms with E-state index >= 15 is 0 Å². The van der Waals surface area contributed by atoms with Crippen molar-refractivity contribution >= 4 is 23.3 Å². The molecule has 0 spiro atoms. The fourth-order valence-electron chi connectivity index (χ4n) is 2.34. The summed E-state index contributed by atoms with van der Waals surface area (Å²) in [6.07, 6.45) is 4.99. The van der Waals surface area contributed by atoms with Gasteiger partial charge in [0.25, 0.3) is 5.91 Å². The second kappa shape index (κ2) is 9.23. The molecule has 1 amide bonds. The zero-order valence-electron chi connectivity index (χ0n) is 14.1. The van der Waals surface area contributed by atoms with Gasteiger partial charge in [0, 0.05) is 24.7 Å². The van der Waals surface area contributed by atoms with Crippen molar-refractivity contribution in [3.8, 4) is 0 Å². The zero-order valence-corrected chi connectivity index (χ0v) is 14.9. The Labute approximate surface area is 148 Å². The van der Waals surface area contributed by atoms with Gasteiger partial charge < -0.3 is 10.2 Å². The monoisotopic (exact) mass is 346 g/mol. The van der Waals surface area contributed by atoms with Crippen LogP contribution in [0.4, 0.5) is 5.82 Å². The molecule has 0 fully saturated rings. The van der Waals surface area contributed by atoms with Gasteiger partial charge in [-0.25, -0.2) is 9.97 Å². The van der Waals surface area contributed by atoms with Gasteiger partial charge in [-0.05, 0) is 30.5 Å². The van der Waals surface area contributed by atoms with Crippen molar-refractivity contribution in [3.05, 3.63) is 52.9 Å². The number of nitrogens with one attached hydrogen (secondary N) is 1. The maximum Gasteiger partial charge on any atom is 0.274 e. The van der Waals surface area contributed by atoms with E-state index in [0.717, 1.165) is 31.5 Å². The summed E-state index contributed by atoms with van der Waals surface area (Å²) >= 11 is 5.87. The Morgan fingerprint density at radius 3 is 2.29 bits per heavy atom. The lowest BCUT2D eigenvalue weighted by molar-refractivity contribution is 0.0749. The lowest BCUT2D eigenvalue weighted by atomic mass is 10.2. The first-order valence-corrected chi connectivity index (χ1v) is 8.61. The smallest absolute Gasteiger partial charge is 0.274 e. The molecule has 0 aliphatic rings. The van der Waals surface area contributed by atoms with Gasteiger partial charge in [-0.3, -0.25) is 4.79 Å². The molecule has 1 N–H and O–H groups in total. The normalized spacial score (nSPS) is 10.5. The molecule has 0 radical (unpaired) electrons. The molecule has 1 aromatic carbocycles. The van der Waals surface area contributed by atoms with Gasteiger partial charge in [0.15, 0.2) is 0 Å². The second-order valence-corrected chi connectivity index (χ2v) is 6.00. The van der Waals surface area contributed by atoms with Gasteiger partial charge >= 0.3 is 0 Å². The van der Waals surface area contributed by atoms with Crippen molar-refractivity contribution in [2.75, 3.05) is 18.4 Å². The Hall–Kier alpha value is -2.14. The van der Waals surface area contributed by atoms with Crippen molar-refractivity contribution in [1.29, 1.82) is 0 Å². The third-order valence-electron chi connectivity index (χ3n) is 3.53. The molecule has 0 saturated carbocycles. The highest BCUT2D eigenvalue weighted by molar-refractivity contribution is 6.30. The number of rotatable bonds is 8. The molecule has 1 aromatic heterocycles. The highest BCUT2D eigenvalue weighted by Crippen LogP contribution is 2.11. The van der Waals surface area contributed by atoms with Crippen LogP contribution in [0.25, 0.3) is 0 Å². The summed E-state index contributed by atoms with van der Waals surface area (Å²) in [5, 5.41) is 3.90. The number of aromatic nitrogens is 2. The van der Waals surface area contributed by atoms with Crippen molar-refractivity contribution in [2.24, 2.45) is 0 Å². The number of benzene rings is 1. The van der Waals surface area contributed by atoms with E-state index in [1.165, 1.54) is 6.20 Å². The highest BCUT2D eigenvalue weighted by atomic mass is 35.5. The lowest BCUT2D eigenvalue weighted by Gasteiger charge is -2.20. The van der Waals surface area contributed by atoms with Gasteiger partial charge in [-0.2, -0.15) is 0 Å².